The number of aldehydes is 1. The maximum atomic E-state index is 11.5. The summed E-state index contributed by atoms with van der Waals surface area (Å²) in [7, 11) is -1.71. The number of halogens is 1. The van der Waals surface area contributed by atoms with Crippen molar-refractivity contribution >= 4 is 43.8 Å². The van der Waals surface area contributed by atoms with Gasteiger partial charge in [-0.25, -0.2) is 9.97 Å². The Balaban J connectivity index is 2.05. The number of carbonyl (C=O) groups excluding carboxylic acids is 1. The van der Waals surface area contributed by atoms with Gasteiger partial charge in [0.15, 0.2) is 12.5 Å². The van der Waals surface area contributed by atoms with Gasteiger partial charge < -0.3 is 23.7 Å². The molecule has 11 heteroatoms. The van der Waals surface area contributed by atoms with E-state index in [4.69, 9.17) is 28.3 Å². The summed E-state index contributed by atoms with van der Waals surface area (Å²) in [5, 5.41) is 11.7. The summed E-state index contributed by atoms with van der Waals surface area (Å²) in [6, 6.07) is 0. The monoisotopic (exact) mass is 381 g/mol. The first-order valence-corrected chi connectivity index (χ1v) is 8.50. The third kappa shape index (κ3) is 3.16. The van der Waals surface area contributed by atoms with Crippen molar-refractivity contribution in [3.05, 3.63) is 23.2 Å². The molecular weight excluding hydrogens is 359 g/mol. The summed E-state index contributed by atoms with van der Waals surface area (Å²) in [5.74, 6) is 0. The highest BCUT2D eigenvalue weighted by Gasteiger charge is 2.54. The lowest BCUT2D eigenvalue weighted by Gasteiger charge is -2.30. The third-order valence-electron chi connectivity index (χ3n) is 4.40. The Hall–Kier alpha value is -1.45. The number of rotatable bonds is 7. The third-order valence-corrected chi connectivity index (χ3v) is 4.69. The quantitative estimate of drug-likeness (QED) is 0.429. The van der Waals surface area contributed by atoms with Crippen LogP contribution in [0.5, 0.6) is 0 Å². The summed E-state index contributed by atoms with van der Waals surface area (Å²) in [5.41, 5.74) is -1.01. The molecule has 2 aromatic heterocycles. The van der Waals surface area contributed by atoms with Crippen molar-refractivity contribution in [2.45, 2.75) is 44.6 Å². The molecule has 1 N–H and O–H groups in total. The van der Waals surface area contributed by atoms with Gasteiger partial charge in [-0.1, -0.05) is 25.2 Å². The van der Waals surface area contributed by atoms with Crippen molar-refractivity contribution in [3.8, 4) is 0 Å². The van der Waals surface area contributed by atoms with Crippen molar-refractivity contribution in [1.82, 2.24) is 14.5 Å². The number of fused-ring (bicyclic) bond motifs is 1. The minimum atomic E-state index is -1.59. The lowest BCUT2D eigenvalue weighted by Crippen LogP contribution is -2.46. The van der Waals surface area contributed by atoms with E-state index in [1.807, 2.05) is 0 Å². The van der Waals surface area contributed by atoms with Gasteiger partial charge in [0.05, 0.1) is 12.0 Å². The predicted molar refractivity (Wildman–Crippen MR) is 99.3 cm³/mol. The molecule has 8 nitrogen and oxygen atoms in total. The molecule has 1 aliphatic rings. The topological polar surface area (TPSA) is 95.7 Å². The van der Waals surface area contributed by atoms with Gasteiger partial charge in [0.1, 0.15) is 34.9 Å². The highest BCUT2D eigenvalue weighted by Crippen LogP contribution is 2.42. The van der Waals surface area contributed by atoms with E-state index in [1.54, 1.807) is 6.82 Å². The fourth-order valence-corrected chi connectivity index (χ4v) is 3.51. The predicted octanol–water partition coefficient (Wildman–Crippen LogP) is 0.747. The van der Waals surface area contributed by atoms with Crippen LogP contribution in [0.3, 0.4) is 0 Å². The molecule has 1 aliphatic heterocycles. The molecule has 0 radical (unpaired) electrons. The molecule has 4 atom stereocenters. The second-order valence-electron chi connectivity index (χ2n) is 6.09. The molecule has 0 bridgehead atoms. The lowest BCUT2D eigenvalue weighted by molar-refractivity contribution is -0.0915. The van der Waals surface area contributed by atoms with Gasteiger partial charge in [0.2, 0.25) is 0 Å². The summed E-state index contributed by atoms with van der Waals surface area (Å²) in [4.78, 5) is 19.6. The second kappa shape index (κ2) is 7.66. The fraction of sp³-hybridized carbons (Fsp3) is 0.533. The fourth-order valence-electron chi connectivity index (χ4n) is 3.27. The van der Waals surface area contributed by atoms with Gasteiger partial charge in [-0.3, -0.25) is 4.79 Å². The molecule has 0 saturated carbocycles. The molecule has 1 saturated heterocycles. The van der Waals surface area contributed by atoms with Gasteiger partial charge in [-0.2, -0.15) is 0 Å². The van der Waals surface area contributed by atoms with Crippen molar-refractivity contribution in [3.63, 3.8) is 0 Å². The van der Waals surface area contributed by atoms with E-state index in [9.17, 15) is 9.90 Å². The Morgan fingerprint density at radius 1 is 1.54 bits per heavy atom. The zero-order valence-electron chi connectivity index (χ0n) is 16.6. The first kappa shape index (κ1) is 16.7. The number of aromatic nitrogens is 3. The first-order valence-electron chi connectivity index (χ1n) is 9.27. The molecule has 0 amide bonds. The largest absolute Gasteiger partial charge is 0.437 e. The van der Waals surface area contributed by atoms with E-state index in [0.717, 1.165) is 0 Å². The normalized spacial score (nSPS) is 29.5. The Kier molecular flexibility index (Phi) is 4.92. The molecule has 3 heterocycles. The number of nitrogens with zero attached hydrogens (tertiary/aromatic N) is 3. The van der Waals surface area contributed by atoms with Crippen LogP contribution in [0.2, 0.25) is 18.8 Å². The minimum absolute atomic E-state index is 0.00974. The minimum Gasteiger partial charge on any atom is -0.437 e. The number of carbonyl (C=O) groups is 1. The summed E-state index contributed by atoms with van der Waals surface area (Å²) in [6.45, 7) is 4.59. The van der Waals surface area contributed by atoms with Gasteiger partial charge in [-0.05, 0) is 6.92 Å². The molecule has 1 fully saturated rings. The molecule has 0 aromatic carbocycles. The van der Waals surface area contributed by atoms with Gasteiger partial charge in [0.25, 0.3) is 14.9 Å². The smallest absolute Gasteiger partial charge is 0.272 e. The van der Waals surface area contributed by atoms with Crippen LogP contribution in [0.1, 0.15) is 23.5 Å². The van der Waals surface area contributed by atoms with Crippen LogP contribution in [0.15, 0.2) is 12.5 Å². The van der Waals surface area contributed by atoms with Gasteiger partial charge >= 0.3 is 0 Å². The van der Waals surface area contributed by atoms with E-state index < -0.39 is 38.9 Å². The molecule has 3 rings (SSSR count). The number of aliphatic hydroxyl groups is 1. The van der Waals surface area contributed by atoms with Crippen LogP contribution < -0.4 is 0 Å². The standard InChI is InChI=1S/C15H20B2ClN3O5/c1-15(23)11(26-17-3)9(6-24-16-2)25-14(15)21-4-8(5-22)10-12(18)19-7-20-13(10)21/h4-5,7,9,11,14,16-17,23H,6H2,1-3H3/t9-,11-,14-,15-/m1/s1/i16D,17D. The highest BCUT2D eigenvalue weighted by atomic mass is 35.5. The van der Waals surface area contributed by atoms with E-state index in [2.05, 4.69) is 9.97 Å². The van der Waals surface area contributed by atoms with Crippen LogP contribution in [0.4, 0.5) is 0 Å². The van der Waals surface area contributed by atoms with E-state index in [-0.39, 0.29) is 17.3 Å². The van der Waals surface area contributed by atoms with Crippen LogP contribution in [0.25, 0.3) is 11.0 Å². The first-order chi connectivity index (χ1) is 13.2. The zero-order chi connectivity index (χ0) is 20.6. The van der Waals surface area contributed by atoms with Crippen LogP contribution >= 0.6 is 11.6 Å². The van der Waals surface area contributed by atoms with E-state index in [0.29, 0.717) is 17.3 Å². The maximum Gasteiger partial charge on any atom is 0.272 e. The highest BCUT2D eigenvalue weighted by molar-refractivity contribution is 6.35. The molecular formula is C15H20B2ClN3O5. The van der Waals surface area contributed by atoms with Crippen LogP contribution in [0, 0.1) is 0 Å². The average Bonchev–Trinajstić information content (AvgIpc) is 3.09. The zero-order valence-corrected chi connectivity index (χ0v) is 15.4. The molecule has 26 heavy (non-hydrogen) atoms. The Labute approximate surface area is 160 Å². The molecule has 138 valence electrons. The van der Waals surface area contributed by atoms with E-state index >= 15 is 0 Å². The maximum absolute atomic E-state index is 11.5. The Bertz CT molecular complexity index is 870. The summed E-state index contributed by atoms with van der Waals surface area (Å²) < 4.78 is 33.7. The summed E-state index contributed by atoms with van der Waals surface area (Å²) >= 11 is 6.13. The van der Waals surface area contributed by atoms with E-state index in [1.165, 1.54) is 30.8 Å². The van der Waals surface area contributed by atoms with Gasteiger partial charge in [-0.15, -0.1) is 0 Å². The second-order valence-corrected chi connectivity index (χ2v) is 6.44. The van der Waals surface area contributed by atoms with Crippen LogP contribution in [-0.2, 0) is 14.0 Å². The lowest BCUT2D eigenvalue weighted by atomic mass is 9.93. The Morgan fingerprint density at radius 3 is 2.96 bits per heavy atom. The van der Waals surface area contributed by atoms with Crippen molar-refractivity contribution in [2.75, 3.05) is 6.61 Å². The SMILES string of the molecule is [2H]B(C)OC[C@H]1O[C@@H](n2cc(C=O)c3c(Cl)ncnc32)[C@](C)(O)[C@@H]1OB([2H])C. The number of ether oxygens (including phenoxy) is 1. The average molecular weight is 381 g/mol. The van der Waals surface area contributed by atoms with Crippen molar-refractivity contribution in [2.24, 2.45) is 0 Å². The number of hydrogen-bond donors (Lipinski definition) is 1. The molecule has 0 spiro atoms. The van der Waals surface area contributed by atoms with Crippen molar-refractivity contribution < 1.29 is 23.9 Å². The van der Waals surface area contributed by atoms with Crippen molar-refractivity contribution in [1.29, 1.82) is 2.67 Å². The van der Waals surface area contributed by atoms with Crippen LogP contribution in [-0.4, -0.2) is 67.9 Å². The molecule has 2 aromatic rings. The molecule has 0 aliphatic carbocycles. The Morgan fingerprint density at radius 2 is 2.31 bits per heavy atom. The molecule has 0 unspecified atom stereocenters. The summed E-state index contributed by atoms with van der Waals surface area (Å²) in [6.07, 6.45) is 0.720. The van der Waals surface area contributed by atoms with Gasteiger partial charge in [0, 0.05) is 14.4 Å². The number of hydrogen-bond acceptors (Lipinski definition) is 7.